The highest BCUT2D eigenvalue weighted by Crippen LogP contribution is 2.08. The predicted octanol–water partition coefficient (Wildman–Crippen LogP) is 4.71. The van der Waals surface area contributed by atoms with Crippen LogP contribution in [0.25, 0.3) is 0 Å². The first-order valence-electron chi connectivity index (χ1n) is 8.66. The second kappa shape index (κ2) is 13.3. The van der Waals surface area contributed by atoms with Gasteiger partial charge in [-0.15, -0.1) is 0 Å². The average molecular weight is 433 g/mol. The molecule has 0 heterocycles. The third-order valence-corrected chi connectivity index (χ3v) is 4.88. The molecule has 0 aromatic heterocycles. The fourth-order valence-corrected chi connectivity index (χ4v) is 2.86. The van der Waals surface area contributed by atoms with Crippen molar-refractivity contribution in [1.82, 2.24) is 0 Å². The summed E-state index contributed by atoms with van der Waals surface area (Å²) in [4.78, 5) is 2.71. The highest BCUT2D eigenvalue weighted by Gasteiger charge is 2.11. The molecule has 0 radical (unpaired) electrons. The van der Waals surface area contributed by atoms with Gasteiger partial charge in [-0.3, -0.25) is 4.55 Å². The van der Waals surface area contributed by atoms with Crippen molar-refractivity contribution in [2.24, 2.45) is 0 Å². The lowest BCUT2D eigenvalue weighted by atomic mass is 10.1. The molecule has 0 saturated heterocycles. The van der Waals surface area contributed by atoms with Gasteiger partial charge in [0.25, 0.3) is 10.1 Å². The zero-order chi connectivity index (χ0) is 19.2. The number of nitrogens with zero attached hydrogens (tertiary/aromatic N) is 1. The number of quaternary nitrogens is 1. The molecule has 1 rings (SSSR count). The van der Waals surface area contributed by atoms with Crippen LogP contribution in [-0.2, 0) is 10.1 Å². The van der Waals surface area contributed by atoms with Crippen LogP contribution in [0.2, 0.25) is 0 Å². The molecule has 0 atom stereocenters. The number of unbranched alkanes of at least 4 members (excludes halogenated alkanes) is 5. The van der Waals surface area contributed by atoms with Crippen molar-refractivity contribution < 1.29 is 17.5 Å². The normalized spacial score (nSPS) is 11.1. The molecule has 1 aromatic rings. The lowest BCUT2D eigenvalue weighted by molar-refractivity contribution is -0.883. The van der Waals surface area contributed by atoms with E-state index in [2.05, 4.69) is 47.7 Å². The van der Waals surface area contributed by atoms with Crippen molar-refractivity contribution >= 4 is 26.0 Å². The Bertz CT molecular complexity index is 619. The first-order valence-corrected chi connectivity index (χ1v) is 10.9. The van der Waals surface area contributed by atoms with Gasteiger partial charge in [-0.1, -0.05) is 50.8 Å². The second-order valence-electron chi connectivity index (χ2n) is 6.64. The van der Waals surface area contributed by atoms with Gasteiger partial charge in [0.2, 0.25) is 0 Å². The maximum Gasteiger partial charge on any atom is 0.294 e. The molecule has 0 aliphatic carbocycles. The summed E-state index contributed by atoms with van der Waals surface area (Å²) in [6.07, 6.45) is 8.25. The highest BCUT2D eigenvalue weighted by molar-refractivity contribution is 9.12. The molecule has 25 heavy (non-hydrogen) atoms. The van der Waals surface area contributed by atoms with Gasteiger partial charge in [-0.05, 0) is 35.7 Å². The smallest absolute Gasteiger partial charge is 0.294 e. The molecule has 142 valence electrons. The zero-order valence-electron chi connectivity index (χ0n) is 15.5. The number of rotatable bonds is 9. The summed E-state index contributed by atoms with van der Waals surface area (Å²) in [7, 11) is 0.504. The van der Waals surface area contributed by atoms with Crippen molar-refractivity contribution in [3.8, 4) is 10.8 Å². The minimum absolute atomic E-state index is 0.0741. The molecule has 1 aromatic carbocycles. The Kier molecular flexibility index (Phi) is 12.9. The third kappa shape index (κ3) is 14.0. The molecule has 0 aliphatic heterocycles. The molecule has 0 unspecified atom stereocenters. The monoisotopic (exact) mass is 432 g/mol. The molecule has 0 saturated carbocycles. The summed E-state index contributed by atoms with van der Waals surface area (Å²) in [5, 5.41) is 0. The number of halogens is 1. The largest absolute Gasteiger partial charge is 0.318 e. The van der Waals surface area contributed by atoms with Gasteiger partial charge in [0.05, 0.1) is 25.5 Å². The van der Waals surface area contributed by atoms with Gasteiger partial charge in [0, 0.05) is 15.9 Å². The number of hydrogen-bond acceptors (Lipinski definition) is 2. The molecule has 0 spiro atoms. The maximum absolute atomic E-state index is 10.4. The second-order valence-corrected chi connectivity index (χ2v) is 8.46. The lowest BCUT2D eigenvalue weighted by Gasteiger charge is -2.27. The Morgan fingerprint density at radius 1 is 1.04 bits per heavy atom. The summed E-state index contributed by atoms with van der Waals surface area (Å²) in [6, 6.07) is 7.42. The van der Waals surface area contributed by atoms with E-state index < -0.39 is 10.1 Å². The van der Waals surface area contributed by atoms with Crippen molar-refractivity contribution in [3.63, 3.8) is 0 Å². The Balaban J connectivity index is 0.000000496. The summed E-state index contributed by atoms with van der Waals surface area (Å²) < 4.78 is 30.3. The fraction of sp³-hybridized carbons (Fsp3) is 0.579. The summed E-state index contributed by atoms with van der Waals surface area (Å²) >= 11 is 3.14. The van der Waals surface area contributed by atoms with Crippen molar-refractivity contribution in [3.05, 3.63) is 30.3 Å². The van der Waals surface area contributed by atoms with E-state index in [1.807, 2.05) is 0 Å². The SMILES string of the molecule is CCCCCCCC[N+](C)(C)CC#CBr.O=S(=O)(O)c1ccccc1. The first-order chi connectivity index (χ1) is 11.7. The van der Waals surface area contributed by atoms with E-state index in [-0.39, 0.29) is 4.90 Å². The quantitative estimate of drug-likeness (QED) is 0.266. The van der Waals surface area contributed by atoms with Crippen molar-refractivity contribution in [2.75, 3.05) is 27.2 Å². The van der Waals surface area contributed by atoms with Crippen LogP contribution in [0.5, 0.6) is 0 Å². The van der Waals surface area contributed by atoms with Gasteiger partial charge in [-0.25, -0.2) is 0 Å². The van der Waals surface area contributed by atoms with E-state index in [4.69, 9.17) is 4.55 Å². The van der Waals surface area contributed by atoms with E-state index in [0.29, 0.717) is 0 Å². The number of hydrogen-bond donors (Lipinski definition) is 1. The van der Waals surface area contributed by atoms with Crippen LogP contribution in [0.15, 0.2) is 35.2 Å². The molecule has 1 N–H and O–H groups in total. The van der Waals surface area contributed by atoms with E-state index >= 15 is 0 Å². The minimum atomic E-state index is -4.00. The fourth-order valence-electron chi connectivity index (χ4n) is 2.24. The molecule has 0 aliphatic rings. The number of benzene rings is 1. The molecule has 0 fully saturated rings. The van der Waals surface area contributed by atoms with E-state index in [1.54, 1.807) is 18.2 Å². The first kappa shape index (κ1) is 24.1. The van der Waals surface area contributed by atoms with E-state index in [1.165, 1.54) is 57.2 Å². The van der Waals surface area contributed by atoms with Gasteiger partial charge in [0.15, 0.2) is 0 Å². The summed E-state index contributed by atoms with van der Waals surface area (Å²) in [5.74, 6) is 3.09. The molecule has 4 nitrogen and oxygen atoms in total. The standard InChI is InChI=1S/C13H25BrN.C6H6O3S/c1-4-5-6-7-8-9-12-15(2,3)13-10-11-14;7-10(8,9)6-4-2-1-3-5-6/h4-9,12-13H2,1-3H3;1-5H,(H,7,8,9)/q+1;. The van der Waals surface area contributed by atoms with Gasteiger partial charge in [-0.2, -0.15) is 8.42 Å². The van der Waals surface area contributed by atoms with Crippen LogP contribution < -0.4 is 0 Å². The Morgan fingerprint density at radius 2 is 1.60 bits per heavy atom. The zero-order valence-corrected chi connectivity index (χ0v) is 17.9. The van der Waals surface area contributed by atoms with Crippen LogP contribution >= 0.6 is 15.9 Å². The van der Waals surface area contributed by atoms with Gasteiger partial charge >= 0.3 is 0 Å². The Hall–Kier alpha value is -0.870. The van der Waals surface area contributed by atoms with Crippen molar-refractivity contribution in [1.29, 1.82) is 0 Å². The van der Waals surface area contributed by atoms with Crippen LogP contribution in [0, 0.1) is 10.8 Å². The average Bonchev–Trinajstić information content (AvgIpc) is 2.57. The van der Waals surface area contributed by atoms with Crippen molar-refractivity contribution in [2.45, 2.75) is 50.3 Å². The lowest BCUT2D eigenvalue weighted by Crippen LogP contribution is -2.40. The van der Waals surface area contributed by atoms with Crippen LogP contribution in [0.3, 0.4) is 0 Å². The maximum atomic E-state index is 10.4. The Morgan fingerprint density at radius 3 is 2.08 bits per heavy atom. The van der Waals surface area contributed by atoms with E-state index in [0.717, 1.165) is 11.0 Å². The molecular weight excluding hydrogens is 402 g/mol. The molecule has 6 heteroatoms. The Labute approximate surface area is 162 Å². The summed E-state index contributed by atoms with van der Waals surface area (Å²) in [6.45, 7) is 4.45. The topological polar surface area (TPSA) is 54.4 Å². The van der Waals surface area contributed by atoms with Crippen LogP contribution in [0.1, 0.15) is 45.4 Å². The van der Waals surface area contributed by atoms with Gasteiger partial charge in [0.1, 0.15) is 6.54 Å². The summed E-state index contributed by atoms with van der Waals surface area (Å²) in [5.41, 5.74) is 0. The minimum Gasteiger partial charge on any atom is -0.318 e. The van der Waals surface area contributed by atoms with Gasteiger partial charge < -0.3 is 4.48 Å². The molecule has 0 amide bonds. The third-order valence-electron chi connectivity index (χ3n) is 3.73. The highest BCUT2D eigenvalue weighted by atomic mass is 79.9. The predicted molar refractivity (Wildman–Crippen MR) is 108 cm³/mol. The van der Waals surface area contributed by atoms with E-state index in [9.17, 15) is 8.42 Å². The molecular formula is C19H31BrNO3S+. The molecule has 0 bridgehead atoms. The van der Waals surface area contributed by atoms with Crippen LogP contribution in [-0.4, -0.2) is 44.6 Å². The van der Waals surface area contributed by atoms with Crippen LogP contribution in [0.4, 0.5) is 0 Å².